The molecule has 194 valence electrons. The van der Waals surface area contributed by atoms with Crippen LogP contribution in [0, 0.1) is 0 Å². The minimum atomic E-state index is -0.611. The first kappa shape index (κ1) is 24.0. The zero-order chi connectivity index (χ0) is 26.9. The number of aromatic nitrogens is 7. The monoisotopic (exact) mass is 521 g/mol. The van der Waals surface area contributed by atoms with Gasteiger partial charge in [0.05, 0.1) is 59.9 Å². The van der Waals surface area contributed by atoms with Crippen LogP contribution >= 0.6 is 0 Å². The Morgan fingerprint density at radius 3 is 2.69 bits per heavy atom. The van der Waals surface area contributed by atoms with Gasteiger partial charge in [-0.05, 0) is 31.2 Å². The standard InChI is InChI=1S/C27H23N9O3/c1-2-39-24(37)11-18-13-29-12-17-10-21-22(16-34(33-21)23-7-3-4-8-30-23)36(25(17)18)19-14-32-35(15-19)27-20(26(28)38)6-5-9-31-27/h3-9,12-16H,2,10-11H2,1H3,(H2,28,38). The highest BCUT2D eigenvalue weighted by Crippen LogP contribution is 2.45. The summed E-state index contributed by atoms with van der Waals surface area (Å²) in [6.45, 7) is 2.05. The summed E-state index contributed by atoms with van der Waals surface area (Å²) in [6, 6.07) is 8.84. The van der Waals surface area contributed by atoms with E-state index in [1.54, 1.807) is 60.9 Å². The summed E-state index contributed by atoms with van der Waals surface area (Å²) in [5, 5.41) is 9.30. The van der Waals surface area contributed by atoms with Gasteiger partial charge >= 0.3 is 5.97 Å². The first-order valence-electron chi connectivity index (χ1n) is 12.2. The molecule has 12 heteroatoms. The number of ether oxygens (including phenoxy) is 1. The summed E-state index contributed by atoms with van der Waals surface area (Å²) in [6.07, 6.45) is 12.6. The summed E-state index contributed by atoms with van der Waals surface area (Å²) in [5.74, 6) is 0.00789. The third kappa shape index (κ3) is 4.37. The Labute approximate surface area is 222 Å². The van der Waals surface area contributed by atoms with Gasteiger partial charge < -0.3 is 15.4 Å². The number of nitrogens with zero attached hydrogens (tertiary/aromatic N) is 8. The van der Waals surface area contributed by atoms with E-state index in [-0.39, 0.29) is 24.6 Å². The number of nitrogens with two attached hydrogens (primary N) is 1. The van der Waals surface area contributed by atoms with Crippen LogP contribution in [0.15, 0.2) is 73.7 Å². The van der Waals surface area contributed by atoms with Crippen LogP contribution in [-0.2, 0) is 22.4 Å². The second kappa shape index (κ2) is 9.82. The molecule has 1 amide bonds. The van der Waals surface area contributed by atoms with Crippen molar-refractivity contribution in [2.75, 3.05) is 11.5 Å². The van der Waals surface area contributed by atoms with Crippen molar-refractivity contribution in [1.29, 1.82) is 0 Å². The summed E-state index contributed by atoms with van der Waals surface area (Å²) in [7, 11) is 0. The highest BCUT2D eigenvalue weighted by molar-refractivity contribution is 5.95. The summed E-state index contributed by atoms with van der Waals surface area (Å²) < 4.78 is 8.45. The lowest BCUT2D eigenvalue weighted by Gasteiger charge is -2.31. The minimum absolute atomic E-state index is 0.0461. The Bertz CT molecular complexity index is 1690. The number of hydrogen-bond acceptors (Lipinski definition) is 9. The molecule has 12 nitrogen and oxygen atoms in total. The molecular weight excluding hydrogens is 498 g/mol. The van der Waals surface area contributed by atoms with E-state index in [4.69, 9.17) is 15.6 Å². The van der Waals surface area contributed by atoms with Gasteiger partial charge in [0, 0.05) is 42.3 Å². The molecule has 39 heavy (non-hydrogen) atoms. The van der Waals surface area contributed by atoms with Gasteiger partial charge in [0.15, 0.2) is 11.6 Å². The van der Waals surface area contributed by atoms with Crippen LogP contribution in [0.25, 0.3) is 11.6 Å². The fourth-order valence-electron chi connectivity index (χ4n) is 4.66. The third-order valence-electron chi connectivity index (χ3n) is 6.28. The van der Waals surface area contributed by atoms with E-state index in [0.29, 0.717) is 29.3 Å². The molecule has 0 aliphatic carbocycles. The zero-order valence-electron chi connectivity index (χ0n) is 20.9. The van der Waals surface area contributed by atoms with Crippen molar-refractivity contribution in [3.63, 3.8) is 0 Å². The molecule has 0 aromatic carbocycles. The molecule has 5 aromatic heterocycles. The number of amides is 1. The van der Waals surface area contributed by atoms with Crippen molar-refractivity contribution in [3.8, 4) is 11.6 Å². The largest absolute Gasteiger partial charge is 0.466 e. The van der Waals surface area contributed by atoms with Gasteiger partial charge in [-0.3, -0.25) is 14.6 Å². The predicted molar refractivity (Wildman–Crippen MR) is 140 cm³/mol. The van der Waals surface area contributed by atoms with Crippen LogP contribution in [0.5, 0.6) is 0 Å². The zero-order valence-corrected chi connectivity index (χ0v) is 20.9. The van der Waals surface area contributed by atoms with Crippen LogP contribution in [0.4, 0.5) is 17.1 Å². The maximum absolute atomic E-state index is 12.5. The van der Waals surface area contributed by atoms with Gasteiger partial charge in [0.1, 0.15) is 0 Å². The van der Waals surface area contributed by atoms with Crippen molar-refractivity contribution in [1.82, 2.24) is 34.5 Å². The Morgan fingerprint density at radius 1 is 1.03 bits per heavy atom. The Morgan fingerprint density at radius 2 is 1.90 bits per heavy atom. The number of anilines is 3. The number of carbonyl (C=O) groups excluding carboxylic acids is 2. The summed E-state index contributed by atoms with van der Waals surface area (Å²) in [4.78, 5) is 39.7. The molecule has 2 N–H and O–H groups in total. The predicted octanol–water partition coefficient (Wildman–Crippen LogP) is 2.82. The van der Waals surface area contributed by atoms with E-state index >= 15 is 0 Å². The molecule has 6 rings (SSSR count). The minimum Gasteiger partial charge on any atom is -0.466 e. The first-order valence-corrected chi connectivity index (χ1v) is 12.2. The third-order valence-corrected chi connectivity index (χ3v) is 6.28. The van der Waals surface area contributed by atoms with E-state index in [1.807, 2.05) is 29.3 Å². The van der Waals surface area contributed by atoms with E-state index in [2.05, 4.69) is 20.1 Å². The van der Waals surface area contributed by atoms with Crippen LogP contribution < -0.4 is 10.6 Å². The number of hydrogen-bond donors (Lipinski definition) is 1. The van der Waals surface area contributed by atoms with E-state index < -0.39 is 5.91 Å². The number of fused-ring (bicyclic) bond motifs is 2. The van der Waals surface area contributed by atoms with Crippen molar-refractivity contribution in [2.45, 2.75) is 19.8 Å². The smallest absolute Gasteiger partial charge is 0.310 e. The van der Waals surface area contributed by atoms with Gasteiger partial charge in [0.2, 0.25) is 0 Å². The number of rotatable bonds is 7. The Balaban J connectivity index is 1.51. The SMILES string of the molecule is CCOC(=O)Cc1cncc2c1N(c1cnn(-c3ncccc3C(N)=O)c1)c1cn(-c3ccccn3)nc1C2. The molecule has 0 spiro atoms. The number of pyridine rings is 3. The molecule has 0 bridgehead atoms. The lowest BCUT2D eigenvalue weighted by Crippen LogP contribution is -2.21. The molecule has 0 saturated heterocycles. The fourth-order valence-corrected chi connectivity index (χ4v) is 4.66. The molecule has 0 fully saturated rings. The van der Waals surface area contributed by atoms with Gasteiger partial charge in [-0.1, -0.05) is 6.07 Å². The van der Waals surface area contributed by atoms with E-state index in [0.717, 1.165) is 22.6 Å². The molecule has 6 heterocycles. The summed E-state index contributed by atoms with van der Waals surface area (Å²) >= 11 is 0. The van der Waals surface area contributed by atoms with E-state index in [1.165, 1.54) is 4.68 Å². The van der Waals surface area contributed by atoms with Gasteiger partial charge in [-0.15, -0.1) is 0 Å². The normalized spacial score (nSPS) is 12.1. The first-order chi connectivity index (χ1) is 19.0. The average Bonchev–Trinajstić information content (AvgIpc) is 3.60. The molecule has 1 aliphatic rings. The maximum Gasteiger partial charge on any atom is 0.310 e. The van der Waals surface area contributed by atoms with Crippen molar-refractivity contribution >= 4 is 28.9 Å². The lowest BCUT2D eigenvalue weighted by atomic mass is 9.98. The topological polar surface area (TPSA) is 147 Å². The molecular formula is C27H23N9O3. The second-order valence-electron chi connectivity index (χ2n) is 8.78. The summed E-state index contributed by atoms with van der Waals surface area (Å²) in [5.41, 5.74) is 10.4. The van der Waals surface area contributed by atoms with E-state index in [9.17, 15) is 9.59 Å². The van der Waals surface area contributed by atoms with Crippen LogP contribution in [0.3, 0.4) is 0 Å². The van der Waals surface area contributed by atoms with Crippen molar-refractivity contribution in [2.24, 2.45) is 5.73 Å². The fraction of sp³-hybridized carbons (Fsp3) is 0.148. The molecule has 0 unspecified atom stereocenters. The second-order valence-corrected chi connectivity index (χ2v) is 8.78. The molecule has 0 radical (unpaired) electrons. The van der Waals surface area contributed by atoms with Gasteiger partial charge in [0.25, 0.3) is 5.91 Å². The highest BCUT2D eigenvalue weighted by atomic mass is 16.5. The van der Waals surface area contributed by atoms with Gasteiger partial charge in [-0.25, -0.2) is 19.3 Å². The highest BCUT2D eigenvalue weighted by Gasteiger charge is 2.31. The quantitative estimate of drug-likeness (QED) is 0.313. The number of primary amides is 1. The molecule has 0 saturated carbocycles. The van der Waals surface area contributed by atoms with Crippen LogP contribution in [0.2, 0.25) is 0 Å². The average molecular weight is 522 g/mol. The van der Waals surface area contributed by atoms with Crippen LogP contribution in [-0.4, -0.2) is 53.0 Å². The maximum atomic E-state index is 12.5. The Hall–Kier alpha value is -5.39. The lowest BCUT2D eigenvalue weighted by molar-refractivity contribution is -0.142. The van der Waals surface area contributed by atoms with Gasteiger partial charge in [-0.2, -0.15) is 10.2 Å². The van der Waals surface area contributed by atoms with Crippen LogP contribution in [0.1, 0.15) is 34.1 Å². The van der Waals surface area contributed by atoms with Crippen molar-refractivity contribution in [3.05, 3.63) is 96.1 Å². The number of esters is 1. The van der Waals surface area contributed by atoms with Crippen molar-refractivity contribution < 1.29 is 14.3 Å². The molecule has 0 atom stereocenters. The Kier molecular flexibility index (Phi) is 6.04. The number of carbonyl (C=O) groups is 2. The molecule has 5 aromatic rings. The molecule has 1 aliphatic heterocycles.